The minimum absolute atomic E-state index is 0.0882. The van der Waals surface area contributed by atoms with E-state index in [4.69, 9.17) is 10.5 Å². The molecule has 3 aromatic rings. The number of aromatic nitrogens is 3. The van der Waals surface area contributed by atoms with E-state index in [9.17, 15) is 4.79 Å². The number of nitrogens with two attached hydrogens (primary N) is 1. The van der Waals surface area contributed by atoms with Gasteiger partial charge in [0.2, 0.25) is 5.91 Å². The number of benzene rings is 1. The van der Waals surface area contributed by atoms with Gasteiger partial charge in [0, 0.05) is 10.9 Å². The van der Waals surface area contributed by atoms with Crippen molar-refractivity contribution in [3.8, 4) is 5.75 Å². The van der Waals surface area contributed by atoms with E-state index in [1.54, 1.807) is 7.11 Å². The van der Waals surface area contributed by atoms with Gasteiger partial charge in [-0.2, -0.15) is 0 Å². The van der Waals surface area contributed by atoms with Gasteiger partial charge in [-0.05, 0) is 19.1 Å². The molecule has 1 amide bonds. The number of thiazole rings is 1. The summed E-state index contributed by atoms with van der Waals surface area (Å²) in [5.74, 6) is 1.37. The van der Waals surface area contributed by atoms with Crippen LogP contribution in [0, 0.1) is 6.92 Å². The Bertz CT molecular complexity index is 855. The van der Waals surface area contributed by atoms with Crippen LogP contribution >= 0.6 is 11.3 Å². The van der Waals surface area contributed by atoms with Crippen molar-refractivity contribution >= 4 is 33.4 Å². The summed E-state index contributed by atoms with van der Waals surface area (Å²) in [6.45, 7) is 2.19. The molecule has 0 aliphatic heterocycles. The zero-order valence-electron chi connectivity index (χ0n) is 12.8. The smallest absolute Gasteiger partial charge is 0.225 e. The van der Waals surface area contributed by atoms with Gasteiger partial charge in [-0.15, -0.1) is 11.3 Å². The number of amides is 1. The number of hydrogen-bond acceptors (Lipinski definition) is 6. The monoisotopic (exact) mass is 331 g/mol. The van der Waals surface area contributed by atoms with Gasteiger partial charge in [0.05, 0.1) is 36.8 Å². The Labute approximate surface area is 136 Å². The lowest BCUT2D eigenvalue weighted by Crippen LogP contribution is -2.25. The maximum Gasteiger partial charge on any atom is 0.225 e. The Morgan fingerprint density at radius 3 is 2.96 bits per heavy atom. The van der Waals surface area contributed by atoms with Crippen molar-refractivity contribution in [2.24, 2.45) is 0 Å². The Morgan fingerprint density at radius 1 is 1.43 bits per heavy atom. The predicted octanol–water partition coefficient (Wildman–Crippen LogP) is 1.78. The number of anilines is 1. The van der Waals surface area contributed by atoms with Gasteiger partial charge in [0.1, 0.15) is 11.6 Å². The number of ether oxygens (including phenoxy) is 1. The molecule has 7 nitrogen and oxygen atoms in total. The molecule has 4 N–H and O–H groups in total. The van der Waals surface area contributed by atoms with Gasteiger partial charge < -0.3 is 20.8 Å². The lowest BCUT2D eigenvalue weighted by atomic mass is 10.3. The molecule has 2 aromatic heterocycles. The van der Waals surface area contributed by atoms with Crippen molar-refractivity contribution in [2.45, 2.75) is 19.9 Å². The summed E-state index contributed by atoms with van der Waals surface area (Å²) in [5, 5.41) is 3.33. The molecular formula is C15H17N5O2S. The summed E-state index contributed by atoms with van der Waals surface area (Å²) in [6, 6.07) is 5.60. The minimum atomic E-state index is -0.0882. The molecule has 0 aliphatic rings. The molecule has 1 aromatic carbocycles. The summed E-state index contributed by atoms with van der Waals surface area (Å²) in [4.78, 5) is 24.6. The number of nitrogen functional groups attached to an aromatic ring is 1. The van der Waals surface area contributed by atoms with Crippen molar-refractivity contribution < 1.29 is 9.53 Å². The van der Waals surface area contributed by atoms with E-state index in [1.165, 1.54) is 11.3 Å². The highest BCUT2D eigenvalue weighted by molar-refractivity contribution is 7.15. The molecule has 2 heterocycles. The highest BCUT2D eigenvalue weighted by atomic mass is 32.1. The third-order valence-electron chi connectivity index (χ3n) is 3.42. The quantitative estimate of drug-likeness (QED) is 0.661. The van der Waals surface area contributed by atoms with Crippen molar-refractivity contribution in [1.82, 2.24) is 20.3 Å². The summed E-state index contributed by atoms with van der Waals surface area (Å²) in [7, 11) is 1.62. The van der Waals surface area contributed by atoms with Crippen molar-refractivity contribution in [3.05, 3.63) is 34.6 Å². The van der Waals surface area contributed by atoms with Crippen LogP contribution in [0.3, 0.4) is 0 Å². The summed E-state index contributed by atoms with van der Waals surface area (Å²) in [5.41, 5.74) is 8.15. The molecule has 8 heteroatoms. The van der Waals surface area contributed by atoms with Crippen molar-refractivity contribution in [2.75, 3.05) is 12.8 Å². The first-order valence-electron chi connectivity index (χ1n) is 7.06. The summed E-state index contributed by atoms with van der Waals surface area (Å²) in [6.07, 6.45) is 0.273. The largest absolute Gasteiger partial charge is 0.497 e. The number of aryl methyl sites for hydroxylation is 1. The van der Waals surface area contributed by atoms with Gasteiger partial charge in [0.25, 0.3) is 0 Å². The van der Waals surface area contributed by atoms with Gasteiger partial charge >= 0.3 is 0 Å². The SMILES string of the molecule is COc1ccc2nc(CNC(=O)Cc3sc(N)nc3C)[nH]c2c1. The lowest BCUT2D eigenvalue weighted by Gasteiger charge is -2.02. The topological polar surface area (TPSA) is 106 Å². The average molecular weight is 331 g/mol. The van der Waals surface area contributed by atoms with Gasteiger partial charge in [0.15, 0.2) is 5.13 Å². The second-order valence-corrected chi connectivity index (χ2v) is 6.20. The number of nitrogens with zero attached hydrogens (tertiary/aromatic N) is 2. The van der Waals surface area contributed by atoms with Crippen LogP contribution in [0.4, 0.5) is 5.13 Å². The van der Waals surface area contributed by atoms with Crippen LogP contribution in [0.5, 0.6) is 5.75 Å². The van der Waals surface area contributed by atoms with Crippen LogP contribution in [-0.2, 0) is 17.8 Å². The number of nitrogens with one attached hydrogen (secondary N) is 2. The highest BCUT2D eigenvalue weighted by Gasteiger charge is 2.11. The third-order valence-corrected chi connectivity index (χ3v) is 4.41. The van der Waals surface area contributed by atoms with E-state index in [0.717, 1.165) is 27.4 Å². The summed E-state index contributed by atoms with van der Waals surface area (Å²) < 4.78 is 5.18. The van der Waals surface area contributed by atoms with Crippen molar-refractivity contribution in [1.29, 1.82) is 0 Å². The second kappa shape index (κ2) is 6.25. The molecular weight excluding hydrogens is 314 g/mol. The molecule has 0 spiro atoms. The fourth-order valence-corrected chi connectivity index (χ4v) is 3.09. The first kappa shape index (κ1) is 15.3. The van der Waals surface area contributed by atoms with Gasteiger partial charge in [-0.1, -0.05) is 0 Å². The molecule has 120 valence electrons. The van der Waals surface area contributed by atoms with E-state index in [1.807, 2.05) is 25.1 Å². The molecule has 0 aliphatic carbocycles. The molecule has 3 rings (SSSR count). The Hall–Kier alpha value is -2.61. The predicted molar refractivity (Wildman–Crippen MR) is 89.5 cm³/mol. The van der Waals surface area contributed by atoms with Crippen LogP contribution in [0.15, 0.2) is 18.2 Å². The van der Waals surface area contributed by atoms with Crippen LogP contribution in [0.2, 0.25) is 0 Å². The van der Waals surface area contributed by atoms with E-state index in [0.29, 0.717) is 17.5 Å². The maximum absolute atomic E-state index is 12.0. The minimum Gasteiger partial charge on any atom is -0.497 e. The standard InChI is InChI=1S/C15H17N5O2S/c1-8-12(23-15(16)18-8)6-14(21)17-7-13-19-10-4-3-9(22-2)5-11(10)20-13/h3-5H,6-7H2,1-2H3,(H2,16,18)(H,17,21)(H,19,20). The molecule has 0 saturated carbocycles. The summed E-state index contributed by atoms with van der Waals surface area (Å²) >= 11 is 1.34. The van der Waals surface area contributed by atoms with Crippen LogP contribution < -0.4 is 15.8 Å². The molecule has 0 unspecified atom stereocenters. The van der Waals surface area contributed by atoms with Crippen LogP contribution in [0.1, 0.15) is 16.4 Å². The zero-order chi connectivity index (χ0) is 16.4. The van der Waals surface area contributed by atoms with E-state index >= 15 is 0 Å². The lowest BCUT2D eigenvalue weighted by molar-refractivity contribution is -0.120. The molecule has 0 atom stereocenters. The maximum atomic E-state index is 12.0. The number of hydrogen-bond donors (Lipinski definition) is 3. The molecule has 0 fully saturated rings. The molecule has 0 saturated heterocycles. The number of rotatable bonds is 5. The fourth-order valence-electron chi connectivity index (χ4n) is 2.26. The Morgan fingerprint density at radius 2 is 2.26 bits per heavy atom. The molecule has 0 radical (unpaired) electrons. The van der Waals surface area contributed by atoms with Gasteiger partial charge in [-0.25, -0.2) is 9.97 Å². The first-order chi connectivity index (χ1) is 11.0. The van der Waals surface area contributed by atoms with Crippen molar-refractivity contribution in [3.63, 3.8) is 0 Å². The third kappa shape index (κ3) is 3.42. The van der Waals surface area contributed by atoms with Crippen LogP contribution in [0.25, 0.3) is 11.0 Å². The molecule has 0 bridgehead atoms. The number of fused-ring (bicyclic) bond motifs is 1. The Kier molecular flexibility index (Phi) is 4.16. The number of methoxy groups -OCH3 is 1. The number of aromatic amines is 1. The fraction of sp³-hybridized carbons (Fsp3) is 0.267. The van der Waals surface area contributed by atoms with E-state index in [2.05, 4.69) is 20.3 Å². The number of carbonyl (C=O) groups excluding carboxylic acids is 1. The zero-order valence-corrected chi connectivity index (χ0v) is 13.7. The first-order valence-corrected chi connectivity index (χ1v) is 7.88. The second-order valence-electron chi connectivity index (χ2n) is 5.08. The number of H-pyrrole nitrogens is 1. The normalized spacial score (nSPS) is 10.9. The van der Waals surface area contributed by atoms with E-state index < -0.39 is 0 Å². The number of imidazole rings is 1. The van der Waals surface area contributed by atoms with Gasteiger partial charge in [-0.3, -0.25) is 4.79 Å². The van der Waals surface area contributed by atoms with E-state index in [-0.39, 0.29) is 12.3 Å². The average Bonchev–Trinajstić information content (AvgIpc) is 3.07. The Balaban J connectivity index is 1.63. The highest BCUT2D eigenvalue weighted by Crippen LogP contribution is 2.20. The van der Waals surface area contributed by atoms with Crippen LogP contribution in [-0.4, -0.2) is 28.0 Å². The molecule has 23 heavy (non-hydrogen) atoms. The number of carbonyl (C=O) groups is 1.